The summed E-state index contributed by atoms with van der Waals surface area (Å²) in [6.07, 6.45) is 1.25. The van der Waals surface area contributed by atoms with Crippen LogP contribution in [0.3, 0.4) is 0 Å². The average Bonchev–Trinajstić information content (AvgIpc) is 2.15. The maximum absolute atomic E-state index is 3.68. The summed E-state index contributed by atoms with van der Waals surface area (Å²) >= 11 is 0. The summed E-state index contributed by atoms with van der Waals surface area (Å²) < 4.78 is 0. The molecule has 1 saturated heterocycles. The number of piperazine rings is 1. The van der Waals surface area contributed by atoms with Gasteiger partial charge in [-0.15, -0.1) is 0 Å². The van der Waals surface area contributed by atoms with Gasteiger partial charge in [-0.1, -0.05) is 27.7 Å². The Morgan fingerprint density at radius 1 is 1.40 bits per heavy atom. The second kappa shape index (κ2) is 4.84. The highest BCUT2D eigenvalue weighted by Gasteiger charge is 2.33. The summed E-state index contributed by atoms with van der Waals surface area (Å²) in [7, 11) is 0. The lowest BCUT2D eigenvalue weighted by molar-refractivity contribution is 0.0618. The Morgan fingerprint density at radius 3 is 2.47 bits per heavy atom. The highest BCUT2D eigenvalue weighted by molar-refractivity contribution is 4.91. The van der Waals surface area contributed by atoms with E-state index in [1.807, 2.05) is 0 Å². The molecule has 0 amide bonds. The van der Waals surface area contributed by atoms with E-state index in [9.17, 15) is 0 Å². The van der Waals surface area contributed by atoms with E-state index in [0.29, 0.717) is 23.5 Å². The van der Waals surface area contributed by atoms with Crippen LogP contribution in [-0.2, 0) is 0 Å². The van der Waals surface area contributed by atoms with Crippen LogP contribution in [0.25, 0.3) is 0 Å². The van der Waals surface area contributed by atoms with Crippen molar-refractivity contribution in [2.24, 2.45) is 5.41 Å². The zero-order valence-electron chi connectivity index (χ0n) is 11.3. The third-order valence-electron chi connectivity index (χ3n) is 3.82. The monoisotopic (exact) mass is 212 g/mol. The van der Waals surface area contributed by atoms with Crippen LogP contribution in [0.15, 0.2) is 0 Å². The molecular formula is C13H28N2. The lowest BCUT2D eigenvalue weighted by atomic mass is 9.84. The molecule has 0 aromatic carbocycles. The molecule has 0 aromatic rings. The van der Waals surface area contributed by atoms with Gasteiger partial charge >= 0.3 is 0 Å². The van der Waals surface area contributed by atoms with Gasteiger partial charge in [-0.05, 0) is 25.7 Å². The lowest BCUT2D eigenvalue weighted by Gasteiger charge is -2.46. The van der Waals surface area contributed by atoms with E-state index in [2.05, 4.69) is 51.8 Å². The molecule has 0 radical (unpaired) electrons. The van der Waals surface area contributed by atoms with Crippen molar-refractivity contribution in [3.8, 4) is 0 Å². The largest absolute Gasteiger partial charge is 0.311 e. The zero-order chi connectivity index (χ0) is 11.6. The molecule has 1 N–H and O–H groups in total. The van der Waals surface area contributed by atoms with Crippen molar-refractivity contribution < 1.29 is 0 Å². The molecule has 1 aliphatic rings. The summed E-state index contributed by atoms with van der Waals surface area (Å²) in [4.78, 5) is 2.66. The van der Waals surface area contributed by atoms with Crippen LogP contribution in [0.1, 0.15) is 48.0 Å². The molecule has 2 nitrogen and oxygen atoms in total. The second-order valence-corrected chi connectivity index (χ2v) is 6.13. The molecule has 0 bridgehead atoms. The molecule has 3 atom stereocenters. The van der Waals surface area contributed by atoms with Crippen molar-refractivity contribution in [2.45, 2.75) is 66.1 Å². The molecule has 3 unspecified atom stereocenters. The normalized spacial score (nSPS) is 31.6. The van der Waals surface area contributed by atoms with E-state index >= 15 is 0 Å². The molecule has 1 heterocycles. The minimum Gasteiger partial charge on any atom is -0.311 e. The number of rotatable bonds is 2. The van der Waals surface area contributed by atoms with Crippen molar-refractivity contribution in [3.05, 3.63) is 0 Å². The van der Waals surface area contributed by atoms with Crippen molar-refractivity contribution in [1.29, 1.82) is 0 Å². The molecule has 1 fully saturated rings. The molecule has 0 spiro atoms. The van der Waals surface area contributed by atoms with Gasteiger partial charge in [-0.2, -0.15) is 0 Å². The molecule has 0 aliphatic carbocycles. The van der Waals surface area contributed by atoms with E-state index in [0.717, 1.165) is 6.54 Å². The van der Waals surface area contributed by atoms with Crippen LogP contribution in [-0.4, -0.2) is 36.1 Å². The summed E-state index contributed by atoms with van der Waals surface area (Å²) in [5, 5.41) is 3.68. The Kier molecular flexibility index (Phi) is 4.19. The first kappa shape index (κ1) is 13.0. The van der Waals surface area contributed by atoms with Crippen molar-refractivity contribution in [1.82, 2.24) is 10.2 Å². The van der Waals surface area contributed by atoms with Crippen molar-refractivity contribution in [3.63, 3.8) is 0 Å². The quantitative estimate of drug-likeness (QED) is 0.756. The first-order chi connectivity index (χ1) is 6.86. The van der Waals surface area contributed by atoms with Gasteiger partial charge < -0.3 is 5.32 Å². The van der Waals surface area contributed by atoms with Gasteiger partial charge in [0.15, 0.2) is 0 Å². The third-order valence-corrected chi connectivity index (χ3v) is 3.82. The SMILES string of the molecule is CCC(C)N1CC(C(C)(C)C)NCC1C. The lowest BCUT2D eigenvalue weighted by Crippen LogP contribution is -2.61. The van der Waals surface area contributed by atoms with E-state index in [1.54, 1.807) is 0 Å². The van der Waals surface area contributed by atoms with Gasteiger partial charge in [0, 0.05) is 31.2 Å². The third kappa shape index (κ3) is 3.18. The molecular weight excluding hydrogens is 184 g/mol. The summed E-state index contributed by atoms with van der Waals surface area (Å²) in [5.41, 5.74) is 0.367. The van der Waals surface area contributed by atoms with Crippen LogP contribution < -0.4 is 5.32 Å². The molecule has 1 rings (SSSR count). The molecule has 0 aromatic heterocycles. The number of nitrogens with one attached hydrogen (secondary N) is 1. The fourth-order valence-electron chi connectivity index (χ4n) is 2.31. The predicted molar refractivity (Wildman–Crippen MR) is 67.2 cm³/mol. The number of nitrogens with zero attached hydrogens (tertiary/aromatic N) is 1. The molecule has 1 aliphatic heterocycles. The van der Waals surface area contributed by atoms with E-state index in [1.165, 1.54) is 13.0 Å². The Bertz CT molecular complexity index is 191. The fraction of sp³-hybridized carbons (Fsp3) is 1.00. The minimum absolute atomic E-state index is 0.367. The van der Waals surface area contributed by atoms with Crippen molar-refractivity contribution in [2.75, 3.05) is 13.1 Å². The highest BCUT2D eigenvalue weighted by Crippen LogP contribution is 2.24. The summed E-state index contributed by atoms with van der Waals surface area (Å²) in [5.74, 6) is 0. The van der Waals surface area contributed by atoms with Crippen LogP contribution in [0.5, 0.6) is 0 Å². The fourth-order valence-corrected chi connectivity index (χ4v) is 2.31. The smallest absolute Gasteiger partial charge is 0.0244 e. The summed E-state index contributed by atoms with van der Waals surface area (Å²) in [6, 6.07) is 2.02. The van der Waals surface area contributed by atoms with E-state index in [-0.39, 0.29) is 0 Å². The zero-order valence-corrected chi connectivity index (χ0v) is 11.3. The second-order valence-electron chi connectivity index (χ2n) is 6.13. The topological polar surface area (TPSA) is 15.3 Å². The maximum atomic E-state index is 3.68. The van der Waals surface area contributed by atoms with Gasteiger partial charge in [0.2, 0.25) is 0 Å². The van der Waals surface area contributed by atoms with Gasteiger partial charge in [-0.3, -0.25) is 4.90 Å². The summed E-state index contributed by atoms with van der Waals surface area (Å²) in [6.45, 7) is 16.3. The number of hydrogen-bond acceptors (Lipinski definition) is 2. The van der Waals surface area contributed by atoms with Gasteiger partial charge in [-0.25, -0.2) is 0 Å². The van der Waals surface area contributed by atoms with E-state index < -0.39 is 0 Å². The molecule has 15 heavy (non-hydrogen) atoms. The Labute approximate surface area is 95.4 Å². The molecule has 90 valence electrons. The number of hydrogen-bond donors (Lipinski definition) is 1. The van der Waals surface area contributed by atoms with E-state index in [4.69, 9.17) is 0 Å². The Morgan fingerprint density at radius 2 is 2.00 bits per heavy atom. The van der Waals surface area contributed by atoms with Gasteiger partial charge in [0.05, 0.1) is 0 Å². The minimum atomic E-state index is 0.367. The van der Waals surface area contributed by atoms with Crippen LogP contribution in [0, 0.1) is 5.41 Å². The standard InChI is InChI=1S/C13H28N2/c1-7-10(2)15-9-12(13(4,5)6)14-8-11(15)3/h10-12,14H,7-9H2,1-6H3. The van der Waals surface area contributed by atoms with Crippen LogP contribution in [0.4, 0.5) is 0 Å². The Hall–Kier alpha value is -0.0800. The maximum Gasteiger partial charge on any atom is 0.0244 e. The molecule has 2 heteroatoms. The average molecular weight is 212 g/mol. The highest BCUT2D eigenvalue weighted by atomic mass is 15.2. The van der Waals surface area contributed by atoms with Gasteiger partial charge in [0.25, 0.3) is 0 Å². The first-order valence-corrected chi connectivity index (χ1v) is 6.35. The predicted octanol–water partition coefficient (Wildman–Crippen LogP) is 2.49. The first-order valence-electron chi connectivity index (χ1n) is 6.35. The molecule has 0 saturated carbocycles. The van der Waals surface area contributed by atoms with Crippen molar-refractivity contribution >= 4 is 0 Å². The van der Waals surface area contributed by atoms with Gasteiger partial charge in [0.1, 0.15) is 0 Å². The van der Waals surface area contributed by atoms with Crippen LogP contribution >= 0.6 is 0 Å². The Balaban J connectivity index is 2.64. The van der Waals surface area contributed by atoms with Crippen LogP contribution in [0.2, 0.25) is 0 Å².